The lowest BCUT2D eigenvalue weighted by Gasteiger charge is -2.32. The zero-order chi connectivity index (χ0) is 15.4. The van der Waals surface area contributed by atoms with Gasteiger partial charge in [-0.05, 0) is 38.3 Å². The molecule has 0 saturated carbocycles. The molecule has 114 valence electrons. The Labute approximate surface area is 126 Å². The lowest BCUT2D eigenvalue weighted by molar-refractivity contribution is -0.151. The molecule has 7 heteroatoms. The van der Waals surface area contributed by atoms with E-state index in [2.05, 4.69) is 5.32 Å². The Hall–Kier alpha value is -1.89. The summed E-state index contributed by atoms with van der Waals surface area (Å²) in [4.78, 5) is 38.1. The Bertz CT molecular complexity index is 555. The summed E-state index contributed by atoms with van der Waals surface area (Å²) in [6, 6.07) is 2.78. The third kappa shape index (κ3) is 3.81. The summed E-state index contributed by atoms with van der Waals surface area (Å²) < 4.78 is 0. The number of nitrogens with zero attached hydrogens (tertiary/aromatic N) is 1. The van der Waals surface area contributed by atoms with Gasteiger partial charge in [0.15, 0.2) is 0 Å². The quantitative estimate of drug-likeness (QED) is 0.876. The van der Waals surface area contributed by atoms with Crippen molar-refractivity contribution in [3.63, 3.8) is 0 Å². The molecule has 1 fully saturated rings. The van der Waals surface area contributed by atoms with Gasteiger partial charge < -0.3 is 15.3 Å². The summed E-state index contributed by atoms with van der Waals surface area (Å²) in [6.07, 6.45) is 2.08. The summed E-state index contributed by atoms with van der Waals surface area (Å²) in [7, 11) is 0. The van der Waals surface area contributed by atoms with Gasteiger partial charge >= 0.3 is 5.97 Å². The number of hydrogen-bond donors (Lipinski definition) is 2. The number of amides is 2. The lowest BCUT2D eigenvalue weighted by Crippen LogP contribution is -2.51. The fourth-order valence-corrected chi connectivity index (χ4v) is 3.17. The zero-order valence-electron chi connectivity index (χ0n) is 11.8. The van der Waals surface area contributed by atoms with E-state index in [0.717, 1.165) is 17.7 Å². The molecule has 21 heavy (non-hydrogen) atoms. The molecule has 6 nitrogen and oxygen atoms in total. The predicted octanol–water partition coefficient (Wildman–Crippen LogP) is 1.25. The number of aliphatic carboxylic acids is 1. The number of thiophene rings is 1. The SMILES string of the molecule is Cc1ccc(C(=O)NCC(=O)N2CCCC[C@H]2C(=O)O)s1. The van der Waals surface area contributed by atoms with Crippen LogP contribution in [0.2, 0.25) is 0 Å². The molecule has 2 N–H and O–H groups in total. The topological polar surface area (TPSA) is 86.7 Å². The van der Waals surface area contributed by atoms with Crippen molar-refractivity contribution in [2.45, 2.75) is 32.2 Å². The van der Waals surface area contributed by atoms with E-state index >= 15 is 0 Å². The number of carbonyl (C=O) groups excluding carboxylic acids is 2. The van der Waals surface area contributed by atoms with E-state index in [1.54, 1.807) is 6.07 Å². The van der Waals surface area contributed by atoms with Crippen LogP contribution in [0, 0.1) is 6.92 Å². The molecule has 0 spiro atoms. The zero-order valence-corrected chi connectivity index (χ0v) is 12.6. The van der Waals surface area contributed by atoms with Crippen LogP contribution in [0.1, 0.15) is 33.8 Å². The Morgan fingerprint density at radius 3 is 2.76 bits per heavy atom. The molecule has 0 bridgehead atoms. The number of nitrogens with one attached hydrogen (secondary N) is 1. The van der Waals surface area contributed by atoms with Crippen LogP contribution in [0.4, 0.5) is 0 Å². The van der Waals surface area contributed by atoms with Gasteiger partial charge in [-0.15, -0.1) is 11.3 Å². The molecule has 2 heterocycles. The van der Waals surface area contributed by atoms with Crippen molar-refractivity contribution in [2.24, 2.45) is 0 Å². The van der Waals surface area contributed by atoms with Crippen molar-refractivity contribution in [2.75, 3.05) is 13.1 Å². The molecule has 1 aromatic heterocycles. The largest absolute Gasteiger partial charge is 0.480 e. The highest BCUT2D eigenvalue weighted by molar-refractivity contribution is 7.13. The van der Waals surface area contributed by atoms with Crippen LogP contribution in [-0.4, -0.2) is 46.9 Å². The van der Waals surface area contributed by atoms with E-state index in [9.17, 15) is 14.4 Å². The second-order valence-corrected chi connectivity index (χ2v) is 6.32. The molecule has 1 aliphatic rings. The van der Waals surface area contributed by atoms with Gasteiger partial charge in [0.05, 0.1) is 11.4 Å². The first-order valence-electron chi connectivity index (χ1n) is 6.86. The summed E-state index contributed by atoms with van der Waals surface area (Å²) in [5.41, 5.74) is 0. The second kappa shape index (κ2) is 6.71. The standard InChI is InChI=1S/C14H18N2O4S/c1-9-5-6-11(21-9)13(18)15-8-12(17)16-7-3-2-4-10(16)14(19)20/h5-6,10H,2-4,7-8H2,1H3,(H,15,18)(H,19,20)/t10-/m0/s1. The van der Waals surface area contributed by atoms with Gasteiger partial charge in [-0.2, -0.15) is 0 Å². The third-order valence-electron chi connectivity index (χ3n) is 3.47. The van der Waals surface area contributed by atoms with Crippen LogP contribution in [0.15, 0.2) is 12.1 Å². The average molecular weight is 310 g/mol. The van der Waals surface area contributed by atoms with E-state index in [1.807, 2.05) is 13.0 Å². The lowest BCUT2D eigenvalue weighted by atomic mass is 10.0. The highest BCUT2D eigenvalue weighted by Gasteiger charge is 2.31. The first-order valence-corrected chi connectivity index (χ1v) is 7.67. The number of piperidine rings is 1. The summed E-state index contributed by atoms with van der Waals surface area (Å²) in [5, 5.41) is 11.7. The normalized spacial score (nSPS) is 18.3. The van der Waals surface area contributed by atoms with E-state index in [-0.39, 0.29) is 18.4 Å². The van der Waals surface area contributed by atoms with Gasteiger partial charge in [0.25, 0.3) is 5.91 Å². The number of carbonyl (C=O) groups is 3. The predicted molar refractivity (Wildman–Crippen MR) is 78.4 cm³/mol. The highest BCUT2D eigenvalue weighted by atomic mass is 32.1. The number of likely N-dealkylation sites (tertiary alicyclic amines) is 1. The van der Waals surface area contributed by atoms with Crippen LogP contribution in [0.3, 0.4) is 0 Å². The molecule has 2 amide bonds. The fourth-order valence-electron chi connectivity index (χ4n) is 2.39. The molecule has 0 radical (unpaired) electrons. The molecule has 2 rings (SSSR count). The summed E-state index contributed by atoms with van der Waals surface area (Å²) in [6.45, 7) is 2.17. The molecule has 1 atom stereocenters. The van der Waals surface area contributed by atoms with Crippen molar-refractivity contribution < 1.29 is 19.5 Å². The summed E-state index contributed by atoms with van der Waals surface area (Å²) in [5.74, 6) is -1.63. The maximum absolute atomic E-state index is 12.1. The van der Waals surface area contributed by atoms with Gasteiger partial charge in [0.1, 0.15) is 6.04 Å². The second-order valence-electron chi connectivity index (χ2n) is 5.03. The first-order chi connectivity index (χ1) is 9.99. The van der Waals surface area contributed by atoms with Gasteiger partial charge in [0.2, 0.25) is 5.91 Å². The Morgan fingerprint density at radius 2 is 2.14 bits per heavy atom. The molecule has 1 saturated heterocycles. The van der Waals surface area contributed by atoms with Crippen molar-refractivity contribution in [1.29, 1.82) is 0 Å². The van der Waals surface area contributed by atoms with Crippen molar-refractivity contribution in [3.05, 3.63) is 21.9 Å². The molecule has 0 unspecified atom stereocenters. The fraction of sp³-hybridized carbons (Fsp3) is 0.500. The molecule has 1 aromatic rings. The number of aryl methyl sites for hydroxylation is 1. The van der Waals surface area contributed by atoms with Crippen LogP contribution in [-0.2, 0) is 9.59 Å². The number of carboxylic acids is 1. The van der Waals surface area contributed by atoms with Gasteiger partial charge in [-0.1, -0.05) is 0 Å². The monoisotopic (exact) mass is 310 g/mol. The minimum absolute atomic E-state index is 0.167. The van der Waals surface area contributed by atoms with Crippen LogP contribution < -0.4 is 5.32 Å². The van der Waals surface area contributed by atoms with Crippen molar-refractivity contribution in [1.82, 2.24) is 10.2 Å². The Balaban J connectivity index is 1.91. The van der Waals surface area contributed by atoms with E-state index in [1.165, 1.54) is 16.2 Å². The van der Waals surface area contributed by atoms with E-state index < -0.39 is 12.0 Å². The Morgan fingerprint density at radius 1 is 1.38 bits per heavy atom. The molecule has 1 aliphatic heterocycles. The third-order valence-corrected chi connectivity index (χ3v) is 4.47. The number of carboxylic acid groups (broad SMARTS) is 1. The van der Waals surface area contributed by atoms with Gasteiger partial charge in [-0.25, -0.2) is 4.79 Å². The van der Waals surface area contributed by atoms with Crippen LogP contribution in [0.5, 0.6) is 0 Å². The number of rotatable bonds is 4. The molecule has 0 aromatic carbocycles. The first kappa shape index (κ1) is 15.5. The van der Waals surface area contributed by atoms with Gasteiger partial charge in [0, 0.05) is 11.4 Å². The van der Waals surface area contributed by atoms with Crippen molar-refractivity contribution in [3.8, 4) is 0 Å². The maximum Gasteiger partial charge on any atom is 0.326 e. The molecular weight excluding hydrogens is 292 g/mol. The van der Waals surface area contributed by atoms with Crippen molar-refractivity contribution >= 4 is 29.1 Å². The highest BCUT2D eigenvalue weighted by Crippen LogP contribution is 2.17. The van der Waals surface area contributed by atoms with Crippen LogP contribution >= 0.6 is 11.3 Å². The molecular formula is C14H18N2O4S. The molecule has 0 aliphatic carbocycles. The maximum atomic E-state index is 12.1. The van der Waals surface area contributed by atoms with Gasteiger partial charge in [-0.3, -0.25) is 9.59 Å². The van der Waals surface area contributed by atoms with E-state index in [0.29, 0.717) is 17.8 Å². The van der Waals surface area contributed by atoms with E-state index in [4.69, 9.17) is 5.11 Å². The smallest absolute Gasteiger partial charge is 0.326 e. The Kier molecular flexibility index (Phi) is 4.95. The minimum Gasteiger partial charge on any atom is -0.480 e. The minimum atomic E-state index is -0.983. The number of hydrogen-bond acceptors (Lipinski definition) is 4. The van der Waals surface area contributed by atoms with Crippen LogP contribution in [0.25, 0.3) is 0 Å². The average Bonchev–Trinajstić information content (AvgIpc) is 2.91. The summed E-state index contributed by atoms with van der Waals surface area (Å²) >= 11 is 1.36.